The van der Waals surface area contributed by atoms with Gasteiger partial charge in [-0.05, 0) is 36.8 Å². The SMILES string of the molecule is O=C1CN(CCO)CCN1CCCN1c2ccccc2Sc2ccc(C(F)(F)F)cc21. The molecule has 166 valence electrons. The van der Waals surface area contributed by atoms with Crippen molar-refractivity contribution < 1.29 is 23.1 Å². The number of rotatable bonds is 6. The van der Waals surface area contributed by atoms with Crippen LogP contribution in [-0.2, 0) is 11.0 Å². The number of hydrogen-bond donors (Lipinski definition) is 1. The number of aliphatic hydroxyl groups is 1. The Morgan fingerprint density at radius 1 is 0.968 bits per heavy atom. The van der Waals surface area contributed by atoms with Gasteiger partial charge in [-0.3, -0.25) is 9.69 Å². The lowest BCUT2D eigenvalue weighted by molar-refractivity contribution is -0.138. The summed E-state index contributed by atoms with van der Waals surface area (Å²) in [6.45, 7) is 3.18. The number of fused-ring (bicyclic) bond motifs is 2. The van der Waals surface area contributed by atoms with Crippen molar-refractivity contribution >= 4 is 29.0 Å². The summed E-state index contributed by atoms with van der Waals surface area (Å²) in [6.07, 6.45) is -3.76. The lowest BCUT2D eigenvalue weighted by atomic mass is 10.1. The van der Waals surface area contributed by atoms with Gasteiger partial charge in [-0.25, -0.2) is 0 Å². The van der Waals surface area contributed by atoms with Gasteiger partial charge in [-0.2, -0.15) is 13.2 Å². The number of hydrogen-bond acceptors (Lipinski definition) is 5. The first-order valence-corrected chi connectivity index (χ1v) is 11.0. The molecule has 0 atom stereocenters. The van der Waals surface area contributed by atoms with Crippen molar-refractivity contribution in [3.05, 3.63) is 48.0 Å². The Labute approximate surface area is 183 Å². The Kier molecular flexibility index (Phi) is 6.45. The molecule has 0 saturated carbocycles. The summed E-state index contributed by atoms with van der Waals surface area (Å²) in [7, 11) is 0. The summed E-state index contributed by atoms with van der Waals surface area (Å²) in [5, 5.41) is 9.04. The second kappa shape index (κ2) is 9.10. The Hall–Kier alpha value is -2.23. The van der Waals surface area contributed by atoms with Crippen LogP contribution in [0, 0.1) is 0 Å². The van der Waals surface area contributed by atoms with Crippen LogP contribution in [0.25, 0.3) is 0 Å². The number of carbonyl (C=O) groups is 1. The molecule has 0 radical (unpaired) electrons. The second-order valence-electron chi connectivity index (χ2n) is 7.64. The summed E-state index contributed by atoms with van der Waals surface area (Å²) in [5.74, 6) is 0.0223. The normalized spacial score (nSPS) is 17.0. The van der Waals surface area contributed by atoms with Gasteiger partial charge in [0.1, 0.15) is 0 Å². The predicted molar refractivity (Wildman–Crippen MR) is 114 cm³/mol. The molecule has 2 aliphatic heterocycles. The number of amides is 1. The molecule has 9 heteroatoms. The van der Waals surface area contributed by atoms with E-state index in [2.05, 4.69) is 0 Å². The van der Waals surface area contributed by atoms with E-state index in [1.165, 1.54) is 23.9 Å². The van der Waals surface area contributed by atoms with Gasteiger partial charge in [0.2, 0.25) is 5.91 Å². The van der Waals surface area contributed by atoms with E-state index in [0.29, 0.717) is 51.4 Å². The molecule has 2 aromatic carbocycles. The molecule has 1 N–H and O–H groups in total. The third-order valence-corrected chi connectivity index (χ3v) is 6.71. The van der Waals surface area contributed by atoms with Crippen LogP contribution in [0.15, 0.2) is 52.3 Å². The van der Waals surface area contributed by atoms with E-state index in [1.807, 2.05) is 34.1 Å². The van der Waals surface area contributed by atoms with E-state index >= 15 is 0 Å². The fourth-order valence-corrected chi connectivity index (χ4v) is 5.07. The number of anilines is 2. The Morgan fingerprint density at radius 3 is 2.48 bits per heavy atom. The van der Waals surface area contributed by atoms with Gasteiger partial charge in [0.15, 0.2) is 0 Å². The van der Waals surface area contributed by atoms with Crippen LogP contribution in [-0.4, -0.2) is 66.7 Å². The molecule has 0 unspecified atom stereocenters. The van der Waals surface area contributed by atoms with Crippen LogP contribution in [0.1, 0.15) is 12.0 Å². The minimum absolute atomic E-state index is 0.0223. The highest BCUT2D eigenvalue weighted by atomic mass is 32.2. The molecular weight excluding hydrogens is 427 g/mol. The first-order chi connectivity index (χ1) is 14.9. The van der Waals surface area contributed by atoms with Crippen molar-refractivity contribution in [2.45, 2.75) is 22.4 Å². The number of carbonyl (C=O) groups excluding carboxylic acids is 1. The summed E-state index contributed by atoms with van der Waals surface area (Å²) >= 11 is 1.47. The Balaban J connectivity index is 1.50. The molecule has 2 aromatic rings. The quantitative estimate of drug-likeness (QED) is 0.723. The number of halogens is 3. The van der Waals surface area contributed by atoms with Gasteiger partial charge >= 0.3 is 6.18 Å². The number of aliphatic hydroxyl groups excluding tert-OH is 1. The van der Waals surface area contributed by atoms with Crippen LogP contribution < -0.4 is 4.90 Å². The van der Waals surface area contributed by atoms with Crippen molar-refractivity contribution in [1.82, 2.24) is 9.80 Å². The number of para-hydroxylation sites is 1. The molecular formula is C22H24F3N3O2S. The second-order valence-corrected chi connectivity index (χ2v) is 8.72. The first kappa shape index (κ1) is 22.0. The summed E-state index contributed by atoms with van der Waals surface area (Å²) in [4.78, 5) is 19.8. The zero-order valence-corrected chi connectivity index (χ0v) is 17.8. The monoisotopic (exact) mass is 451 g/mol. The third-order valence-electron chi connectivity index (χ3n) is 5.58. The molecule has 4 rings (SSSR count). The van der Waals surface area contributed by atoms with Crippen molar-refractivity contribution in [2.75, 3.05) is 50.8 Å². The maximum atomic E-state index is 13.3. The molecule has 2 aliphatic rings. The average Bonchev–Trinajstić information content (AvgIpc) is 2.74. The fraction of sp³-hybridized carbons (Fsp3) is 0.409. The minimum Gasteiger partial charge on any atom is -0.395 e. The van der Waals surface area contributed by atoms with E-state index in [9.17, 15) is 18.0 Å². The Bertz CT molecular complexity index is 954. The highest BCUT2D eigenvalue weighted by molar-refractivity contribution is 7.99. The maximum Gasteiger partial charge on any atom is 0.416 e. The average molecular weight is 452 g/mol. The van der Waals surface area contributed by atoms with Gasteiger partial charge in [-0.1, -0.05) is 23.9 Å². The number of alkyl halides is 3. The van der Waals surface area contributed by atoms with Gasteiger partial charge in [0.05, 0.1) is 30.1 Å². The van der Waals surface area contributed by atoms with E-state index in [-0.39, 0.29) is 12.5 Å². The van der Waals surface area contributed by atoms with Gasteiger partial charge in [0.25, 0.3) is 0 Å². The third kappa shape index (κ3) is 4.83. The van der Waals surface area contributed by atoms with Crippen LogP contribution in [0.3, 0.4) is 0 Å². The lowest BCUT2D eigenvalue weighted by Crippen LogP contribution is -2.51. The minimum atomic E-state index is -4.40. The first-order valence-electron chi connectivity index (χ1n) is 10.2. The largest absolute Gasteiger partial charge is 0.416 e. The van der Waals surface area contributed by atoms with Crippen LogP contribution in [0.5, 0.6) is 0 Å². The van der Waals surface area contributed by atoms with Crippen LogP contribution >= 0.6 is 11.8 Å². The van der Waals surface area contributed by atoms with E-state index in [1.54, 1.807) is 4.90 Å². The molecule has 0 bridgehead atoms. The maximum absolute atomic E-state index is 13.3. The van der Waals surface area contributed by atoms with Crippen molar-refractivity contribution in [2.24, 2.45) is 0 Å². The highest BCUT2D eigenvalue weighted by Crippen LogP contribution is 2.49. The zero-order chi connectivity index (χ0) is 22.0. The summed E-state index contributed by atoms with van der Waals surface area (Å²) < 4.78 is 39.9. The number of benzene rings is 2. The van der Waals surface area contributed by atoms with E-state index in [0.717, 1.165) is 21.5 Å². The smallest absolute Gasteiger partial charge is 0.395 e. The summed E-state index contributed by atoms with van der Waals surface area (Å²) in [6, 6.07) is 11.6. The lowest BCUT2D eigenvalue weighted by Gasteiger charge is -2.36. The Morgan fingerprint density at radius 2 is 1.74 bits per heavy atom. The van der Waals surface area contributed by atoms with Crippen LogP contribution in [0.2, 0.25) is 0 Å². The number of β-amino-alcohol motifs (C(OH)–C–C–N with tert-alkyl or cyclic N) is 1. The summed E-state index contributed by atoms with van der Waals surface area (Å²) in [5.41, 5.74) is 0.780. The predicted octanol–water partition coefficient (Wildman–Crippen LogP) is 3.83. The van der Waals surface area contributed by atoms with Crippen molar-refractivity contribution in [3.8, 4) is 0 Å². The molecule has 0 aromatic heterocycles. The molecule has 1 fully saturated rings. The zero-order valence-electron chi connectivity index (χ0n) is 16.9. The van der Waals surface area contributed by atoms with Gasteiger partial charge in [0, 0.05) is 42.5 Å². The molecule has 31 heavy (non-hydrogen) atoms. The van der Waals surface area contributed by atoms with Crippen molar-refractivity contribution in [3.63, 3.8) is 0 Å². The van der Waals surface area contributed by atoms with Crippen LogP contribution in [0.4, 0.5) is 24.5 Å². The molecule has 0 spiro atoms. The molecule has 1 saturated heterocycles. The molecule has 1 amide bonds. The topological polar surface area (TPSA) is 47.0 Å². The van der Waals surface area contributed by atoms with E-state index in [4.69, 9.17) is 5.11 Å². The number of piperazine rings is 1. The van der Waals surface area contributed by atoms with Gasteiger partial charge < -0.3 is 14.9 Å². The standard InChI is InChI=1S/C22H24F3N3O2S/c23-22(24,25)16-6-7-20-18(14-16)28(17-4-1-2-5-19(17)31-20)9-3-8-27-11-10-26(12-13-29)15-21(27)30/h1-2,4-7,14,29H,3,8-13,15H2. The number of nitrogens with zero attached hydrogens (tertiary/aromatic N) is 3. The van der Waals surface area contributed by atoms with Gasteiger partial charge in [-0.15, -0.1) is 0 Å². The fourth-order valence-electron chi connectivity index (χ4n) is 3.99. The molecule has 5 nitrogen and oxygen atoms in total. The van der Waals surface area contributed by atoms with Crippen molar-refractivity contribution in [1.29, 1.82) is 0 Å². The highest BCUT2D eigenvalue weighted by Gasteiger charge is 2.33. The molecule has 2 heterocycles. The van der Waals surface area contributed by atoms with E-state index < -0.39 is 11.7 Å². The molecule has 0 aliphatic carbocycles.